The number of ether oxygens (including phenoxy) is 1. The lowest BCUT2D eigenvalue weighted by molar-refractivity contribution is -0.0179. The summed E-state index contributed by atoms with van der Waals surface area (Å²) in [5.41, 5.74) is 0. The van der Waals surface area contributed by atoms with Crippen molar-refractivity contribution in [1.82, 2.24) is 5.32 Å². The Balaban J connectivity index is 1.22. The van der Waals surface area contributed by atoms with Crippen LogP contribution in [0.15, 0.2) is 20.5 Å². The molecule has 0 bridgehead atoms. The number of azo groups is 2. The van der Waals surface area contributed by atoms with Crippen LogP contribution in [0.25, 0.3) is 0 Å². The first-order chi connectivity index (χ1) is 21.3. The third kappa shape index (κ3) is 8.86. The van der Waals surface area contributed by atoms with Gasteiger partial charge in [0.05, 0.1) is 41.7 Å². The van der Waals surface area contributed by atoms with Crippen LogP contribution in [0.3, 0.4) is 0 Å². The fraction of sp³-hybridized carbons (Fsp3) is 1.00. The van der Waals surface area contributed by atoms with Gasteiger partial charge in [0.1, 0.15) is 11.3 Å². The van der Waals surface area contributed by atoms with Crippen LogP contribution in [-0.4, -0.2) is 108 Å². The molecule has 0 saturated heterocycles. The topological polar surface area (TPSA) is 220 Å². The molecule has 5 rings (SSSR count). The molecule has 45 heavy (non-hydrogen) atoms. The van der Waals surface area contributed by atoms with Gasteiger partial charge in [-0.05, 0) is 76.0 Å². The molecule has 0 aromatic heterocycles. The smallest absolute Gasteiger partial charge is 0.270 e. The zero-order valence-electron chi connectivity index (χ0n) is 26.0. The van der Waals surface area contributed by atoms with E-state index in [1.54, 1.807) is 0 Å². The van der Waals surface area contributed by atoms with Crippen molar-refractivity contribution in [2.75, 3.05) is 7.11 Å². The van der Waals surface area contributed by atoms with Crippen molar-refractivity contribution in [1.29, 1.82) is 0 Å². The molecule has 0 heterocycles. The van der Waals surface area contributed by atoms with E-state index in [0.717, 1.165) is 32.1 Å². The number of rotatable bonds is 9. The summed E-state index contributed by atoms with van der Waals surface area (Å²) in [6, 6.07) is -2.00. The highest BCUT2D eigenvalue weighted by molar-refractivity contribution is 7.86. The first-order valence-corrected chi connectivity index (χ1v) is 19.7. The highest BCUT2D eigenvalue weighted by Crippen LogP contribution is 2.44. The van der Waals surface area contributed by atoms with Crippen LogP contribution >= 0.6 is 0 Å². The molecule has 0 aliphatic heterocycles. The van der Waals surface area contributed by atoms with Crippen molar-refractivity contribution in [2.45, 2.75) is 161 Å². The third-order valence-electron chi connectivity index (χ3n) is 11.1. The van der Waals surface area contributed by atoms with Gasteiger partial charge in [0.2, 0.25) is 0 Å². The Hall–Kier alpha value is -1.14. The second kappa shape index (κ2) is 15.0. The van der Waals surface area contributed by atoms with E-state index in [0.29, 0.717) is 25.3 Å². The Labute approximate surface area is 266 Å². The normalized spacial score (nSPS) is 42.6. The van der Waals surface area contributed by atoms with E-state index in [-0.39, 0.29) is 49.6 Å². The van der Waals surface area contributed by atoms with Gasteiger partial charge < -0.3 is 20.3 Å². The van der Waals surface area contributed by atoms with E-state index in [1.165, 1.54) is 26.4 Å². The van der Waals surface area contributed by atoms with Gasteiger partial charge in [0.15, 0.2) is 0 Å². The number of methoxy groups -OCH3 is 1. The van der Waals surface area contributed by atoms with E-state index in [1.807, 2.05) is 0 Å². The van der Waals surface area contributed by atoms with Gasteiger partial charge >= 0.3 is 0 Å². The zero-order chi connectivity index (χ0) is 32.4. The largest absolute Gasteiger partial charge is 0.391 e. The first-order valence-electron chi connectivity index (χ1n) is 16.7. The molecule has 5 fully saturated rings. The zero-order valence-corrected chi connectivity index (χ0v) is 27.7. The van der Waals surface area contributed by atoms with Crippen LogP contribution in [0, 0.1) is 11.8 Å². The van der Waals surface area contributed by atoms with E-state index >= 15 is 0 Å². The minimum Gasteiger partial charge on any atom is -0.391 e. The van der Waals surface area contributed by atoms with E-state index in [9.17, 15) is 36.2 Å². The number of aliphatic hydroxyl groups excluding tert-OH is 2. The molecule has 12 atom stereocenters. The summed E-state index contributed by atoms with van der Waals surface area (Å²) in [6.07, 6.45) is 8.23. The molecule has 5 aliphatic rings. The van der Waals surface area contributed by atoms with Crippen LogP contribution in [0.4, 0.5) is 0 Å². The van der Waals surface area contributed by atoms with Gasteiger partial charge in [-0.3, -0.25) is 9.11 Å². The Morgan fingerprint density at radius 3 is 2.11 bits per heavy atom. The molecule has 0 amide bonds. The number of hydrogen-bond acceptors (Lipinski definition) is 12. The fourth-order valence-corrected chi connectivity index (χ4v) is 10.5. The minimum absolute atomic E-state index is 0.0607. The van der Waals surface area contributed by atoms with Crippen molar-refractivity contribution in [3.8, 4) is 0 Å². The number of hydrogen-bond donors (Lipinski definition) is 5. The molecule has 0 radical (unpaired) electrons. The Morgan fingerprint density at radius 2 is 1.42 bits per heavy atom. The quantitative estimate of drug-likeness (QED) is 0.177. The van der Waals surface area contributed by atoms with Crippen LogP contribution in [0.5, 0.6) is 0 Å². The minimum atomic E-state index is -4.53. The van der Waals surface area contributed by atoms with Gasteiger partial charge in [-0.1, -0.05) is 19.3 Å². The highest BCUT2D eigenvalue weighted by atomic mass is 32.2. The van der Waals surface area contributed by atoms with E-state index < -0.39 is 67.2 Å². The second-order valence-electron chi connectivity index (χ2n) is 14.1. The summed E-state index contributed by atoms with van der Waals surface area (Å²) in [6.45, 7) is 0. The van der Waals surface area contributed by atoms with Crippen LogP contribution in [-0.2, 0) is 25.0 Å². The van der Waals surface area contributed by atoms with Crippen molar-refractivity contribution in [3.05, 3.63) is 0 Å². The SMILES string of the molecule is COC1CC(N=NC2C(O)C3CCC(NC4CCCCC4)CC3CC2S(=O)(=O)O)C(O)CC1N=NC1CCCC(S(=O)(=O)O)C1. The van der Waals surface area contributed by atoms with Gasteiger partial charge in [-0.15, -0.1) is 0 Å². The lowest BCUT2D eigenvalue weighted by atomic mass is 9.66. The summed E-state index contributed by atoms with van der Waals surface area (Å²) >= 11 is 0. The standard InChI is InChI=1S/C29H51N5O9S2/c1-43-26-16-23(25(35)15-24(26)33-31-20-8-5-9-21(14-20)44(37,38)39)32-34-28-27(45(40,41)42)13-17-12-19(10-11-22(17)29(28)36)30-18-6-3-2-4-7-18/h17-30,35-36H,2-16H2,1H3,(H,37,38,39)(H,40,41,42). The average Bonchev–Trinajstić information content (AvgIpc) is 2.99. The third-order valence-corrected chi connectivity index (χ3v) is 13.6. The lowest BCUT2D eigenvalue weighted by Crippen LogP contribution is -2.56. The van der Waals surface area contributed by atoms with Crippen molar-refractivity contribution >= 4 is 20.2 Å². The first kappa shape index (κ1) is 35.2. The van der Waals surface area contributed by atoms with E-state index in [2.05, 4.69) is 25.8 Å². The maximum Gasteiger partial charge on any atom is 0.270 e. The van der Waals surface area contributed by atoms with E-state index in [4.69, 9.17) is 4.74 Å². The summed E-state index contributed by atoms with van der Waals surface area (Å²) < 4.78 is 73.5. The number of nitrogens with zero attached hydrogens (tertiary/aromatic N) is 4. The molecule has 5 aliphatic carbocycles. The molecule has 5 saturated carbocycles. The number of fused-ring (bicyclic) bond motifs is 1. The summed E-state index contributed by atoms with van der Waals surface area (Å²) in [4.78, 5) is 0. The molecular weight excluding hydrogens is 626 g/mol. The van der Waals surface area contributed by atoms with Crippen molar-refractivity contribution < 1.29 is 40.9 Å². The highest BCUT2D eigenvalue weighted by Gasteiger charge is 2.51. The average molecular weight is 678 g/mol. The molecule has 0 aromatic carbocycles. The van der Waals surface area contributed by atoms with Gasteiger partial charge in [-0.2, -0.15) is 37.3 Å². The Kier molecular flexibility index (Phi) is 11.7. The molecule has 5 N–H and O–H groups in total. The Bertz CT molecular complexity index is 1260. The molecular formula is C29H51N5O9S2. The van der Waals surface area contributed by atoms with Crippen LogP contribution in [0.2, 0.25) is 0 Å². The summed E-state index contributed by atoms with van der Waals surface area (Å²) in [5, 5.41) is 41.3. The molecule has 14 nitrogen and oxygen atoms in total. The predicted octanol–water partition coefficient (Wildman–Crippen LogP) is 3.09. The second-order valence-corrected chi connectivity index (χ2v) is 17.4. The summed E-state index contributed by atoms with van der Waals surface area (Å²) in [7, 11) is -7.16. The van der Waals surface area contributed by atoms with Gasteiger partial charge in [0, 0.05) is 32.0 Å². The molecule has 0 aromatic rings. The molecule has 12 unspecified atom stereocenters. The van der Waals surface area contributed by atoms with Gasteiger partial charge in [0.25, 0.3) is 20.2 Å². The maximum atomic E-state index is 12.5. The van der Waals surface area contributed by atoms with Crippen LogP contribution in [0.1, 0.15) is 96.3 Å². The number of aliphatic hydroxyl groups is 2. The number of nitrogens with one attached hydrogen (secondary N) is 1. The maximum absolute atomic E-state index is 12.5. The molecule has 0 spiro atoms. The van der Waals surface area contributed by atoms with Crippen LogP contribution < -0.4 is 5.32 Å². The fourth-order valence-electron chi connectivity index (χ4n) is 8.56. The molecule has 258 valence electrons. The van der Waals surface area contributed by atoms with Crippen molar-refractivity contribution in [3.63, 3.8) is 0 Å². The van der Waals surface area contributed by atoms with Crippen molar-refractivity contribution in [2.24, 2.45) is 32.3 Å². The Morgan fingerprint density at radius 1 is 0.689 bits per heavy atom. The monoisotopic (exact) mass is 677 g/mol. The van der Waals surface area contributed by atoms with Gasteiger partial charge in [-0.25, -0.2) is 0 Å². The summed E-state index contributed by atoms with van der Waals surface area (Å²) in [5.74, 6) is -0.209. The predicted molar refractivity (Wildman–Crippen MR) is 165 cm³/mol. The lowest BCUT2D eigenvalue weighted by Gasteiger charge is -2.47. The molecule has 16 heteroatoms.